The fraction of sp³-hybridized carbons (Fsp3) is 0.278. The highest BCUT2D eigenvalue weighted by Crippen LogP contribution is 2.16. The molecule has 1 aliphatic rings. The van der Waals surface area contributed by atoms with Crippen LogP contribution in [-0.4, -0.2) is 32.5 Å². The molecule has 114 valence electrons. The first kappa shape index (κ1) is 14.6. The van der Waals surface area contributed by atoms with Gasteiger partial charge in [0, 0.05) is 18.8 Å². The maximum absolute atomic E-state index is 5.38. The summed E-state index contributed by atoms with van der Waals surface area (Å²) in [5.74, 6) is 0. The number of aryl methyl sites for hydroxylation is 1. The van der Waals surface area contributed by atoms with E-state index in [0.29, 0.717) is 0 Å². The monoisotopic (exact) mass is 295 g/mol. The first-order valence-corrected chi connectivity index (χ1v) is 7.60. The number of ether oxygens (including phenoxy) is 1. The summed E-state index contributed by atoms with van der Waals surface area (Å²) in [6.07, 6.45) is 1.84. The lowest BCUT2D eigenvalue weighted by atomic mass is 10.2. The van der Waals surface area contributed by atoms with Gasteiger partial charge in [-0.2, -0.15) is 5.10 Å². The molecule has 2 aromatic carbocycles. The van der Waals surface area contributed by atoms with E-state index in [1.54, 1.807) is 0 Å². The molecule has 1 N–H and O–H groups in total. The van der Waals surface area contributed by atoms with E-state index in [9.17, 15) is 0 Å². The second-order valence-electron chi connectivity index (χ2n) is 5.43. The summed E-state index contributed by atoms with van der Waals surface area (Å²) in [5.41, 5.74) is 7.60. The Bertz CT molecular complexity index is 614. The molecule has 0 spiro atoms. The Labute approximate surface area is 131 Å². The second-order valence-corrected chi connectivity index (χ2v) is 5.43. The lowest BCUT2D eigenvalue weighted by Crippen LogP contribution is -2.36. The van der Waals surface area contributed by atoms with E-state index in [1.165, 1.54) is 11.3 Å². The molecule has 0 radical (unpaired) electrons. The van der Waals surface area contributed by atoms with Crippen molar-refractivity contribution in [2.75, 3.05) is 36.6 Å². The number of benzene rings is 2. The van der Waals surface area contributed by atoms with Crippen molar-refractivity contribution in [3.05, 3.63) is 59.7 Å². The van der Waals surface area contributed by atoms with Crippen LogP contribution in [0.5, 0.6) is 0 Å². The van der Waals surface area contributed by atoms with Gasteiger partial charge in [0.2, 0.25) is 0 Å². The first-order chi connectivity index (χ1) is 10.8. The third-order valence-corrected chi connectivity index (χ3v) is 3.73. The smallest absolute Gasteiger partial charge is 0.0642 e. The summed E-state index contributed by atoms with van der Waals surface area (Å²) < 4.78 is 5.38. The molecule has 2 aromatic rings. The Morgan fingerprint density at radius 3 is 2.36 bits per heavy atom. The van der Waals surface area contributed by atoms with Gasteiger partial charge in [-0.3, -0.25) is 5.43 Å². The molecule has 3 rings (SSSR count). The van der Waals surface area contributed by atoms with Crippen LogP contribution < -0.4 is 10.3 Å². The minimum absolute atomic E-state index is 0.809. The van der Waals surface area contributed by atoms with Gasteiger partial charge in [0.25, 0.3) is 0 Å². The van der Waals surface area contributed by atoms with E-state index in [0.717, 1.165) is 37.6 Å². The summed E-state index contributed by atoms with van der Waals surface area (Å²) >= 11 is 0. The van der Waals surface area contributed by atoms with Crippen molar-refractivity contribution in [2.24, 2.45) is 5.10 Å². The average molecular weight is 295 g/mol. The first-order valence-electron chi connectivity index (χ1n) is 7.60. The molecule has 0 atom stereocenters. The van der Waals surface area contributed by atoms with Crippen LogP contribution in [0, 0.1) is 6.92 Å². The molecule has 22 heavy (non-hydrogen) atoms. The Morgan fingerprint density at radius 1 is 1.00 bits per heavy atom. The molecular formula is C18H21N3O. The quantitative estimate of drug-likeness (QED) is 0.695. The molecule has 1 fully saturated rings. The number of morpholine rings is 1. The van der Waals surface area contributed by atoms with Gasteiger partial charge in [-0.15, -0.1) is 0 Å². The topological polar surface area (TPSA) is 36.9 Å². The van der Waals surface area contributed by atoms with E-state index < -0.39 is 0 Å². The van der Waals surface area contributed by atoms with Crippen LogP contribution in [0.2, 0.25) is 0 Å². The molecule has 0 amide bonds. The average Bonchev–Trinajstić information content (AvgIpc) is 2.58. The van der Waals surface area contributed by atoms with E-state index in [4.69, 9.17) is 4.74 Å². The summed E-state index contributed by atoms with van der Waals surface area (Å²) in [5, 5.41) is 4.28. The number of nitrogens with one attached hydrogen (secondary N) is 1. The number of hydrazone groups is 1. The van der Waals surface area contributed by atoms with Gasteiger partial charge >= 0.3 is 0 Å². The molecule has 0 bridgehead atoms. The summed E-state index contributed by atoms with van der Waals surface area (Å²) in [6.45, 7) is 5.61. The standard InChI is InChI=1S/C18H21N3O/c1-15-2-6-17(7-3-15)20-19-14-16-4-8-18(9-5-16)21-10-12-22-13-11-21/h2-9,14,20H,10-13H2,1H3/b19-14-. The highest BCUT2D eigenvalue weighted by Gasteiger charge is 2.10. The molecule has 1 heterocycles. The zero-order valence-electron chi connectivity index (χ0n) is 12.8. The normalized spacial score (nSPS) is 15.2. The second kappa shape index (κ2) is 7.09. The Hall–Kier alpha value is -2.33. The lowest BCUT2D eigenvalue weighted by Gasteiger charge is -2.28. The fourth-order valence-corrected chi connectivity index (χ4v) is 2.40. The molecule has 4 nitrogen and oxygen atoms in total. The number of nitrogens with zero attached hydrogens (tertiary/aromatic N) is 2. The predicted octanol–water partition coefficient (Wildman–Crippen LogP) is 3.28. The molecular weight excluding hydrogens is 274 g/mol. The SMILES string of the molecule is Cc1ccc(N/N=C\c2ccc(N3CCOCC3)cc2)cc1. The minimum atomic E-state index is 0.809. The highest BCUT2D eigenvalue weighted by molar-refractivity contribution is 5.81. The Kier molecular flexibility index (Phi) is 4.71. The lowest BCUT2D eigenvalue weighted by molar-refractivity contribution is 0.122. The van der Waals surface area contributed by atoms with E-state index in [-0.39, 0.29) is 0 Å². The molecule has 4 heteroatoms. The molecule has 0 unspecified atom stereocenters. The van der Waals surface area contributed by atoms with Crippen molar-refractivity contribution in [3.63, 3.8) is 0 Å². The largest absolute Gasteiger partial charge is 0.378 e. The van der Waals surface area contributed by atoms with Gasteiger partial charge in [0.05, 0.1) is 25.1 Å². The maximum atomic E-state index is 5.38. The van der Waals surface area contributed by atoms with Gasteiger partial charge in [-0.05, 0) is 36.8 Å². The zero-order chi connectivity index (χ0) is 15.2. The zero-order valence-corrected chi connectivity index (χ0v) is 12.8. The van der Waals surface area contributed by atoms with Gasteiger partial charge in [-0.25, -0.2) is 0 Å². The van der Waals surface area contributed by atoms with Crippen LogP contribution in [0.4, 0.5) is 11.4 Å². The van der Waals surface area contributed by atoms with Crippen LogP contribution in [0.1, 0.15) is 11.1 Å². The fourth-order valence-electron chi connectivity index (χ4n) is 2.40. The Balaban J connectivity index is 1.58. The molecule has 0 aromatic heterocycles. The number of rotatable bonds is 4. The van der Waals surface area contributed by atoms with Crippen LogP contribution in [0.25, 0.3) is 0 Å². The third-order valence-electron chi connectivity index (χ3n) is 3.73. The van der Waals surface area contributed by atoms with E-state index in [2.05, 4.69) is 58.7 Å². The van der Waals surface area contributed by atoms with Crippen LogP contribution >= 0.6 is 0 Å². The summed E-state index contributed by atoms with van der Waals surface area (Å²) in [4.78, 5) is 2.34. The van der Waals surface area contributed by atoms with Crippen molar-refractivity contribution >= 4 is 17.6 Å². The van der Waals surface area contributed by atoms with Crippen molar-refractivity contribution in [1.82, 2.24) is 0 Å². The van der Waals surface area contributed by atoms with Crippen molar-refractivity contribution in [1.29, 1.82) is 0 Å². The van der Waals surface area contributed by atoms with Gasteiger partial charge in [0.15, 0.2) is 0 Å². The summed E-state index contributed by atoms with van der Waals surface area (Å²) in [7, 11) is 0. The number of hydrogen-bond acceptors (Lipinski definition) is 4. The van der Waals surface area contributed by atoms with E-state index >= 15 is 0 Å². The van der Waals surface area contributed by atoms with E-state index in [1.807, 2.05) is 18.3 Å². The summed E-state index contributed by atoms with van der Waals surface area (Å²) in [6, 6.07) is 16.6. The molecule has 0 aliphatic carbocycles. The molecule has 1 saturated heterocycles. The Morgan fingerprint density at radius 2 is 1.68 bits per heavy atom. The number of anilines is 2. The number of hydrogen-bond donors (Lipinski definition) is 1. The highest BCUT2D eigenvalue weighted by atomic mass is 16.5. The van der Waals surface area contributed by atoms with Crippen LogP contribution in [-0.2, 0) is 4.74 Å². The third kappa shape index (κ3) is 3.86. The minimum Gasteiger partial charge on any atom is -0.378 e. The van der Waals surface area contributed by atoms with Crippen molar-refractivity contribution in [3.8, 4) is 0 Å². The molecule has 0 saturated carbocycles. The van der Waals surface area contributed by atoms with Gasteiger partial charge < -0.3 is 9.64 Å². The van der Waals surface area contributed by atoms with Crippen molar-refractivity contribution < 1.29 is 4.74 Å². The van der Waals surface area contributed by atoms with Crippen LogP contribution in [0.3, 0.4) is 0 Å². The predicted molar refractivity (Wildman–Crippen MR) is 91.9 cm³/mol. The maximum Gasteiger partial charge on any atom is 0.0642 e. The van der Waals surface area contributed by atoms with Crippen molar-refractivity contribution in [2.45, 2.75) is 6.92 Å². The van der Waals surface area contributed by atoms with Gasteiger partial charge in [-0.1, -0.05) is 29.8 Å². The van der Waals surface area contributed by atoms with Gasteiger partial charge in [0.1, 0.15) is 0 Å². The molecule has 1 aliphatic heterocycles. The van der Waals surface area contributed by atoms with Crippen LogP contribution in [0.15, 0.2) is 53.6 Å².